The summed E-state index contributed by atoms with van der Waals surface area (Å²) in [5.41, 5.74) is 0.830. The molecule has 1 aromatic carbocycles. The van der Waals surface area contributed by atoms with Gasteiger partial charge >= 0.3 is 0 Å². The third-order valence-electron chi connectivity index (χ3n) is 2.29. The molecule has 1 aromatic rings. The second-order valence-electron chi connectivity index (χ2n) is 3.58. The molecule has 1 atom stereocenters. The van der Waals surface area contributed by atoms with Gasteiger partial charge in [-0.15, -0.1) is 0 Å². The molecule has 5 heteroatoms. The van der Waals surface area contributed by atoms with E-state index >= 15 is 0 Å². The fourth-order valence-electron chi connectivity index (χ4n) is 1.45. The summed E-state index contributed by atoms with van der Waals surface area (Å²) in [6, 6.07) is 5.48. The number of benzene rings is 1. The fraction of sp³-hybridized carbons (Fsp3) is 0.455. The van der Waals surface area contributed by atoms with Gasteiger partial charge in [-0.1, -0.05) is 0 Å². The molecule has 1 aliphatic rings. The Labute approximate surface area is 93.6 Å². The molecule has 2 rings (SSSR count). The van der Waals surface area contributed by atoms with E-state index in [-0.39, 0.29) is 6.61 Å². The van der Waals surface area contributed by atoms with Gasteiger partial charge in [0.1, 0.15) is 13.2 Å². The van der Waals surface area contributed by atoms with E-state index in [0.717, 1.165) is 11.4 Å². The van der Waals surface area contributed by atoms with Crippen LogP contribution in [0.4, 0.5) is 5.69 Å². The summed E-state index contributed by atoms with van der Waals surface area (Å²) in [7, 11) is 0. The van der Waals surface area contributed by atoms with Crippen LogP contribution in [0.5, 0.6) is 11.5 Å². The van der Waals surface area contributed by atoms with Crippen LogP contribution in [0.25, 0.3) is 0 Å². The first-order valence-electron chi connectivity index (χ1n) is 5.22. The zero-order valence-corrected chi connectivity index (χ0v) is 8.85. The predicted molar refractivity (Wildman–Crippen MR) is 59.0 cm³/mol. The molecule has 3 N–H and O–H groups in total. The van der Waals surface area contributed by atoms with Gasteiger partial charge in [-0.25, -0.2) is 0 Å². The maximum Gasteiger partial charge on any atom is 0.163 e. The Kier molecular flexibility index (Phi) is 3.48. The van der Waals surface area contributed by atoms with Gasteiger partial charge in [0, 0.05) is 18.3 Å². The maximum absolute atomic E-state index is 9.19. The van der Waals surface area contributed by atoms with Crippen molar-refractivity contribution in [2.24, 2.45) is 0 Å². The molecule has 0 fully saturated rings. The third kappa shape index (κ3) is 2.56. The van der Waals surface area contributed by atoms with Crippen molar-refractivity contribution in [1.29, 1.82) is 0 Å². The number of anilines is 1. The number of aliphatic hydroxyl groups is 2. The van der Waals surface area contributed by atoms with Crippen LogP contribution in [-0.4, -0.2) is 42.7 Å². The van der Waals surface area contributed by atoms with Crippen molar-refractivity contribution in [1.82, 2.24) is 0 Å². The molecule has 1 heterocycles. The van der Waals surface area contributed by atoms with Crippen LogP contribution in [-0.2, 0) is 0 Å². The second-order valence-corrected chi connectivity index (χ2v) is 3.58. The number of hydrogen-bond acceptors (Lipinski definition) is 5. The molecule has 0 aliphatic carbocycles. The lowest BCUT2D eigenvalue weighted by atomic mass is 10.2. The minimum absolute atomic E-state index is 0.252. The summed E-state index contributed by atoms with van der Waals surface area (Å²) in [4.78, 5) is 0. The van der Waals surface area contributed by atoms with Crippen LogP contribution < -0.4 is 14.8 Å². The van der Waals surface area contributed by atoms with E-state index in [2.05, 4.69) is 5.32 Å². The number of nitrogens with one attached hydrogen (secondary N) is 1. The fourth-order valence-corrected chi connectivity index (χ4v) is 1.45. The summed E-state index contributed by atoms with van der Waals surface area (Å²) < 4.78 is 10.8. The Bertz CT molecular complexity index is 356. The molecule has 0 spiro atoms. The van der Waals surface area contributed by atoms with Crippen molar-refractivity contribution in [2.75, 3.05) is 31.7 Å². The smallest absolute Gasteiger partial charge is 0.163 e. The van der Waals surface area contributed by atoms with Gasteiger partial charge in [0.25, 0.3) is 0 Å². The lowest BCUT2D eigenvalue weighted by molar-refractivity contribution is 0.105. The number of aliphatic hydroxyl groups excluding tert-OH is 2. The average Bonchev–Trinajstić information content (AvgIpc) is 2.35. The minimum Gasteiger partial charge on any atom is -0.486 e. The van der Waals surface area contributed by atoms with Crippen LogP contribution in [0, 0.1) is 0 Å². The Morgan fingerprint density at radius 3 is 2.75 bits per heavy atom. The van der Waals surface area contributed by atoms with Crippen LogP contribution in [0.1, 0.15) is 0 Å². The first-order chi connectivity index (χ1) is 7.79. The van der Waals surface area contributed by atoms with E-state index < -0.39 is 6.10 Å². The van der Waals surface area contributed by atoms with Crippen LogP contribution in [0.15, 0.2) is 18.2 Å². The second kappa shape index (κ2) is 5.05. The van der Waals surface area contributed by atoms with Gasteiger partial charge in [0.15, 0.2) is 11.5 Å². The summed E-state index contributed by atoms with van der Waals surface area (Å²) in [5, 5.41) is 20.9. The highest BCUT2D eigenvalue weighted by molar-refractivity contribution is 5.55. The van der Waals surface area contributed by atoms with Gasteiger partial charge < -0.3 is 25.0 Å². The van der Waals surface area contributed by atoms with Crippen molar-refractivity contribution < 1.29 is 19.7 Å². The molecule has 0 saturated heterocycles. The molecule has 0 amide bonds. The number of fused-ring (bicyclic) bond motifs is 1. The zero-order chi connectivity index (χ0) is 11.4. The highest BCUT2D eigenvalue weighted by Crippen LogP contribution is 2.32. The topological polar surface area (TPSA) is 71.0 Å². The Hall–Kier alpha value is -1.46. The molecule has 0 saturated carbocycles. The van der Waals surface area contributed by atoms with Gasteiger partial charge in [-0.3, -0.25) is 0 Å². The summed E-state index contributed by atoms with van der Waals surface area (Å²) in [6.07, 6.45) is -0.756. The standard InChI is InChI=1S/C11H15NO4/c13-7-9(14)6-12-8-1-2-10-11(5-8)16-4-3-15-10/h1-2,5,9,12-14H,3-4,6-7H2. The highest BCUT2D eigenvalue weighted by Gasteiger charge is 2.11. The van der Waals surface area contributed by atoms with E-state index in [4.69, 9.17) is 14.6 Å². The normalized spacial score (nSPS) is 15.6. The van der Waals surface area contributed by atoms with E-state index in [9.17, 15) is 5.11 Å². The Morgan fingerprint density at radius 2 is 2.00 bits per heavy atom. The molecule has 0 bridgehead atoms. The summed E-state index contributed by atoms with van der Waals surface area (Å²) in [5.74, 6) is 1.44. The average molecular weight is 225 g/mol. The monoisotopic (exact) mass is 225 g/mol. The van der Waals surface area contributed by atoms with Crippen molar-refractivity contribution >= 4 is 5.69 Å². The van der Waals surface area contributed by atoms with E-state index in [1.807, 2.05) is 18.2 Å². The molecule has 5 nitrogen and oxygen atoms in total. The lowest BCUT2D eigenvalue weighted by Gasteiger charge is -2.19. The zero-order valence-electron chi connectivity index (χ0n) is 8.85. The van der Waals surface area contributed by atoms with Gasteiger partial charge in [0.2, 0.25) is 0 Å². The van der Waals surface area contributed by atoms with Gasteiger partial charge in [-0.2, -0.15) is 0 Å². The number of ether oxygens (including phenoxy) is 2. The van der Waals surface area contributed by atoms with Crippen LogP contribution in [0.2, 0.25) is 0 Å². The van der Waals surface area contributed by atoms with Crippen molar-refractivity contribution in [3.8, 4) is 11.5 Å². The van der Waals surface area contributed by atoms with Gasteiger partial charge in [0.05, 0.1) is 12.7 Å². The van der Waals surface area contributed by atoms with Crippen molar-refractivity contribution in [3.63, 3.8) is 0 Å². The van der Waals surface area contributed by atoms with Crippen LogP contribution in [0.3, 0.4) is 0 Å². The van der Waals surface area contributed by atoms with Crippen LogP contribution >= 0.6 is 0 Å². The first-order valence-corrected chi connectivity index (χ1v) is 5.22. The lowest BCUT2D eigenvalue weighted by Crippen LogP contribution is -2.23. The molecular formula is C11H15NO4. The maximum atomic E-state index is 9.19. The molecule has 88 valence electrons. The number of hydrogen-bond donors (Lipinski definition) is 3. The SMILES string of the molecule is OCC(O)CNc1ccc2c(c1)OCCO2. The van der Waals surface area contributed by atoms with Crippen molar-refractivity contribution in [2.45, 2.75) is 6.10 Å². The Morgan fingerprint density at radius 1 is 1.25 bits per heavy atom. The molecular weight excluding hydrogens is 210 g/mol. The molecule has 0 aromatic heterocycles. The molecule has 1 aliphatic heterocycles. The van der Waals surface area contributed by atoms with E-state index in [1.54, 1.807) is 0 Å². The summed E-state index contributed by atoms with van der Waals surface area (Å²) in [6.45, 7) is 1.17. The van der Waals surface area contributed by atoms with Gasteiger partial charge in [-0.05, 0) is 12.1 Å². The quantitative estimate of drug-likeness (QED) is 0.684. The van der Waals surface area contributed by atoms with E-state index in [1.165, 1.54) is 0 Å². The predicted octanol–water partition coefficient (Wildman–Crippen LogP) is 0.223. The molecule has 16 heavy (non-hydrogen) atoms. The highest BCUT2D eigenvalue weighted by atomic mass is 16.6. The summed E-state index contributed by atoms with van der Waals surface area (Å²) >= 11 is 0. The van der Waals surface area contributed by atoms with E-state index in [0.29, 0.717) is 25.5 Å². The third-order valence-corrected chi connectivity index (χ3v) is 2.29. The first kappa shape index (κ1) is 11.0. The Balaban J connectivity index is 2.00. The van der Waals surface area contributed by atoms with Crippen molar-refractivity contribution in [3.05, 3.63) is 18.2 Å². The number of rotatable bonds is 4. The molecule has 0 radical (unpaired) electrons. The minimum atomic E-state index is -0.756. The largest absolute Gasteiger partial charge is 0.486 e. The molecule has 1 unspecified atom stereocenters.